The fourth-order valence-corrected chi connectivity index (χ4v) is 3.05. The summed E-state index contributed by atoms with van der Waals surface area (Å²) in [5.41, 5.74) is 0.415. The molecule has 1 aliphatic rings. The van der Waals surface area contributed by atoms with E-state index in [9.17, 15) is 13.6 Å². The van der Waals surface area contributed by atoms with Gasteiger partial charge in [-0.2, -0.15) is 0 Å². The Morgan fingerprint density at radius 2 is 2.17 bits per heavy atom. The zero-order valence-corrected chi connectivity index (χ0v) is 14.0. The second kappa shape index (κ2) is 7.73. The van der Waals surface area contributed by atoms with Crippen molar-refractivity contribution in [3.63, 3.8) is 0 Å². The van der Waals surface area contributed by atoms with Crippen molar-refractivity contribution < 1.29 is 13.6 Å². The van der Waals surface area contributed by atoms with Gasteiger partial charge in [0.1, 0.15) is 11.6 Å². The first-order chi connectivity index (χ1) is 10.9. The lowest BCUT2D eigenvalue weighted by atomic mass is 10.0. The van der Waals surface area contributed by atoms with E-state index in [1.165, 1.54) is 12.1 Å². The van der Waals surface area contributed by atoms with Gasteiger partial charge in [0.15, 0.2) is 0 Å². The topological polar surface area (TPSA) is 35.6 Å². The van der Waals surface area contributed by atoms with Crippen LogP contribution in [-0.4, -0.2) is 56.1 Å². The minimum absolute atomic E-state index is 0.111. The number of hydrogen-bond donors (Lipinski definition) is 1. The normalized spacial score (nSPS) is 19.2. The molecule has 2 amide bonds. The maximum Gasteiger partial charge on any atom is 0.317 e. The van der Waals surface area contributed by atoms with Crippen LogP contribution in [0.2, 0.25) is 0 Å². The molecule has 1 aromatic rings. The third-order valence-corrected chi connectivity index (χ3v) is 4.25. The van der Waals surface area contributed by atoms with Gasteiger partial charge in [0, 0.05) is 38.2 Å². The minimum Gasteiger partial charge on any atom is -0.337 e. The highest BCUT2D eigenvalue weighted by atomic mass is 19.1. The van der Waals surface area contributed by atoms with Gasteiger partial charge >= 0.3 is 6.03 Å². The number of hydrogen-bond acceptors (Lipinski definition) is 2. The van der Waals surface area contributed by atoms with Crippen LogP contribution in [0.3, 0.4) is 0 Å². The van der Waals surface area contributed by atoms with Gasteiger partial charge in [-0.25, -0.2) is 13.6 Å². The maximum absolute atomic E-state index is 13.7. The summed E-state index contributed by atoms with van der Waals surface area (Å²) in [6.07, 6.45) is 1.01. The summed E-state index contributed by atoms with van der Waals surface area (Å²) in [6, 6.07) is 3.44. The van der Waals surface area contributed by atoms with Gasteiger partial charge in [0.2, 0.25) is 0 Å². The Morgan fingerprint density at radius 1 is 1.43 bits per heavy atom. The molecule has 1 fully saturated rings. The number of halogens is 2. The predicted octanol–water partition coefficient (Wildman–Crippen LogP) is 2.66. The summed E-state index contributed by atoms with van der Waals surface area (Å²) in [7, 11) is 4.06. The maximum atomic E-state index is 13.7. The van der Waals surface area contributed by atoms with Crippen molar-refractivity contribution in [3.8, 4) is 0 Å². The van der Waals surface area contributed by atoms with Crippen LogP contribution in [0.4, 0.5) is 13.6 Å². The molecular weight excluding hydrogens is 300 g/mol. The predicted molar refractivity (Wildman–Crippen MR) is 86.4 cm³/mol. The van der Waals surface area contributed by atoms with Crippen LogP contribution in [0.25, 0.3) is 0 Å². The number of rotatable bonds is 5. The Balaban J connectivity index is 1.82. The molecule has 1 aromatic carbocycles. The number of carbonyl (C=O) groups is 1. The highest BCUT2D eigenvalue weighted by molar-refractivity contribution is 5.74. The van der Waals surface area contributed by atoms with Crippen molar-refractivity contribution in [3.05, 3.63) is 35.4 Å². The molecule has 1 N–H and O–H groups in total. The van der Waals surface area contributed by atoms with Crippen molar-refractivity contribution in [2.24, 2.45) is 5.92 Å². The Hall–Kier alpha value is -1.69. The van der Waals surface area contributed by atoms with Crippen LogP contribution >= 0.6 is 0 Å². The zero-order valence-electron chi connectivity index (χ0n) is 14.0. The molecule has 0 radical (unpaired) electrons. The lowest BCUT2D eigenvalue weighted by Crippen LogP contribution is -2.40. The van der Waals surface area contributed by atoms with Crippen LogP contribution in [0, 0.1) is 17.6 Å². The van der Waals surface area contributed by atoms with Gasteiger partial charge in [-0.15, -0.1) is 0 Å². The van der Waals surface area contributed by atoms with E-state index in [0.29, 0.717) is 18.0 Å². The van der Waals surface area contributed by atoms with Crippen LogP contribution in [0.1, 0.15) is 24.8 Å². The van der Waals surface area contributed by atoms with E-state index in [-0.39, 0.29) is 11.9 Å². The number of carbonyl (C=O) groups excluding carboxylic acids is 1. The van der Waals surface area contributed by atoms with Crippen LogP contribution in [-0.2, 0) is 0 Å². The monoisotopic (exact) mass is 325 g/mol. The lowest BCUT2D eigenvalue weighted by molar-refractivity contribution is 0.205. The summed E-state index contributed by atoms with van der Waals surface area (Å²) in [4.78, 5) is 16.1. The molecule has 0 aromatic heterocycles. The Bertz CT molecular complexity index is 551. The van der Waals surface area contributed by atoms with E-state index in [1.54, 1.807) is 0 Å². The van der Waals surface area contributed by atoms with E-state index in [4.69, 9.17) is 0 Å². The second-order valence-corrected chi connectivity index (χ2v) is 6.62. The third kappa shape index (κ3) is 4.89. The zero-order chi connectivity index (χ0) is 17.0. The summed E-state index contributed by atoms with van der Waals surface area (Å²) in [5.74, 6) is -0.868. The molecule has 1 aliphatic heterocycles. The molecule has 128 valence electrons. The van der Waals surface area contributed by atoms with E-state index >= 15 is 0 Å². The number of nitrogens with zero attached hydrogens (tertiary/aromatic N) is 2. The average molecular weight is 325 g/mol. The summed E-state index contributed by atoms with van der Waals surface area (Å²) in [6.45, 7) is 4.62. The van der Waals surface area contributed by atoms with Crippen molar-refractivity contribution in [1.29, 1.82) is 0 Å². The third-order valence-electron chi connectivity index (χ3n) is 4.25. The van der Waals surface area contributed by atoms with Crippen LogP contribution in [0.15, 0.2) is 18.2 Å². The molecule has 4 nitrogen and oxygen atoms in total. The molecule has 0 saturated carbocycles. The van der Waals surface area contributed by atoms with Crippen molar-refractivity contribution in [2.45, 2.75) is 19.3 Å². The van der Waals surface area contributed by atoms with E-state index < -0.39 is 11.6 Å². The molecular formula is C17H25F2N3O. The largest absolute Gasteiger partial charge is 0.337 e. The summed E-state index contributed by atoms with van der Waals surface area (Å²) in [5, 5.41) is 2.85. The van der Waals surface area contributed by atoms with Gasteiger partial charge in [-0.1, -0.05) is 13.0 Å². The first-order valence-electron chi connectivity index (χ1n) is 7.99. The second-order valence-electron chi connectivity index (χ2n) is 6.62. The molecule has 0 unspecified atom stereocenters. The fraction of sp³-hybridized carbons (Fsp3) is 0.588. The van der Waals surface area contributed by atoms with Crippen LogP contribution < -0.4 is 5.32 Å². The molecule has 6 heteroatoms. The lowest BCUT2D eigenvalue weighted by Gasteiger charge is -2.20. The number of amides is 2. The van der Waals surface area contributed by atoms with E-state index in [0.717, 1.165) is 32.1 Å². The fourth-order valence-electron chi connectivity index (χ4n) is 3.05. The SMILES string of the molecule is C[C@@H](CNC(=O)N1CC[C@@H](CN(C)C)C1)c1ccc(F)cc1F. The number of benzene rings is 1. The van der Waals surface area contributed by atoms with Gasteiger partial charge in [0.25, 0.3) is 0 Å². The van der Waals surface area contributed by atoms with E-state index in [1.807, 2.05) is 25.9 Å². The Labute approximate surface area is 136 Å². The standard InChI is InChI=1S/C17H25F2N3O/c1-12(15-5-4-14(18)8-16(15)19)9-20-17(23)22-7-6-13(11-22)10-21(2)3/h4-5,8,12-13H,6-7,9-11H2,1-3H3,(H,20,23)/t12-,13-/m0/s1. The van der Waals surface area contributed by atoms with Crippen LogP contribution in [0.5, 0.6) is 0 Å². The molecule has 0 spiro atoms. The number of urea groups is 1. The van der Waals surface area contributed by atoms with E-state index in [2.05, 4.69) is 10.2 Å². The van der Waals surface area contributed by atoms with Gasteiger partial charge in [-0.3, -0.25) is 0 Å². The van der Waals surface area contributed by atoms with Gasteiger partial charge in [0.05, 0.1) is 0 Å². The van der Waals surface area contributed by atoms with Crippen molar-refractivity contribution in [2.75, 3.05) is 40.3 Å². The van der Waals surface area contributed by atoms with Crippen molar-refractivity contribution in [1.82, 2.24) is 15.1 Å². The smallest absolute Gasteiger partial charge is 0.317 e. The number of nitrogens with one attached hydrogen (secondary N) is 1. The average Bonchev–Trinajstić information content (AvgIpc) is 2.92. The molecule has 2 atom stereocenters. The first-order valence-corrected chi connectivity index (χ1v) is 7.99. The Kier molecular flexibility index (Phi) is 5.93. The summed E-state index contributed by atoms with van der Waals surface area (Å²) < 4.78 is 26.7. The molecule has 1 saturated heterocycles. The highest BCUT2D eigenvalue weighted by Gasteiger charge is 2.26. The number of likely N-dealkylation sites (tertiary alicyclic amines) is 1. The molecule has 1 heterocycles. The molecule has 0 bridgehead atoms. The molecule has 2 rings (SSSR count). The molecule has 23 heavy (non-hydrogen) atoms. The minimum atomic E-state index is -0.591. The van der Waals surface area contributed by atoms with Gasteiger partial charge < -0.3 is 15.1 Å². The quantitative estimate of drug-likeness (QED) is 0.903. The first kappa shape index (κ1) is 17.7. The Morgan fingerprint density at radius 3 is 2.83 bits per heavy atom. The van der Waals surface area contributed by atoms with Gasteiger partial charge in [-0.05, 0) is 38.1 Å². The van der Waals surface area contributed by atoms with Crippen molar-refractivity contribution >= 4 is 6.03 Å². The summed E-state index contributed by atoms with van der Waals surface area (Å²) >= 11 is 0. The highest BCUT2D eigenvalue weighted by Crippen LogP contribution is 2.20. The molecule has 0 aliphatic carbocycles.